The molecule has 0 bridgehead atoms. The van der Waals surface area contributed by atoms with Crippen LogP contribution in [0.5, 0.6) is 0 Å². The molecule has 0 saturated carbocycles. The van der Waals surface area contributed by atoms with E-state index in [1.807, 2.05) is 11.7 Å². The summed E-state index contributed by atoms with van der Waals surface area (Å²) in [6.07, 6.45) is 7.43. The van der Waals surface area contributed by atoms with Gasteiger partial charge in [-0.1, -0.05) is 25.1 Å². The fraction of sp³-hybridized carbons (Fsp3) is 0.529. The van der Waals surface area contributed by atoms with Crippen molar-refractivity contribution in [2.24, 2.45) is 7.05 Å². The lowest BCUT2D eigenvalue weighted by atomic mass is 9.98. The molecule has 2 aromatic rings. The average molecular weight is 284 g/mol. The van der Waals surface area contributed by atoms with E-state index in [1.165, 1.54) is 36.0 Å². The van der Waals surface area contributed by atoms with Crippen LogP contribution in [-0.2, 0) is 26.3 Å². The molecule has 0 spiro atoms. The minimum absolute atomic E-state index is 0.318. The Kier molecular flexibility index (Phi) is 4.34. The van der Waals surface area contributed by atoms with E-state index in [2.05, 4.69) is 40.5 Å². The van der Waals surface area contributed by atoms with E-state index in [-0.39, 0.29) is 0 Å². The predicted molar refractivity (Wildman–Crippen MR) is 84.2 cm³/mol. The van der Waals surface area contributed by atoms with E-state index >= 15 is 0 Å². The molecule has 1 atom stereocenters. The number of hydrogen-bond donors (Lipinski definition) is 1. The summed E-state index contributed by atoms with van der Waals surface area (Å²) in [4.78, 5) is 4.37. The number of fused-ring (bicyclic) bond motifs is 1. The normalized spacial score (nSPS) is 15.1. The summed E-state index contributed by atoms with van der Waals surface area (Å²) >= 11 is 0. The summed E-state index contributed by atoms with van der Waals surface area (Å²) in [6, 6.07) is 7.31. The molecule has 21 heavy (non-hydrogen) atoms. The molecule has 1 N–H and O–H groups in total. The lowest BCUT2D eigenvalue weighted by Crippen LogP contribution is -2.25. The largest absolute Gasteiger partial charge is 0.310 e. The molecule has 0 radical (unpaired) electrons. The molecule has 4 heteroatoms. The average Bonchev–Trinajstić information content (AvgIpc) is 3.11. The van der Waals surface area contributed by atoms with Gasteiger partial charge in [-0.25, -0.2) is 4.98 Å². The maximum Gasteiger partial charge on any atom is 0.138 e. The first-order chi connectivity index (χ1) is 10.3. The number of nitrogens with zero attached hydrogens (tertiary/aromatic N) is 3. The van der Waals surface area contributed by atoms with Crippen molar-refractivity contribution in [2.75, 3.05) is 6.54 Å². The van der Waals surface area contributed by atoms with Crippen LogP contribution < -0.4 is 5.32 Å². The molecule has 1 aromatic heterocycles. The van der Waals surface area contributed by atoms with Gasteiger partial charge in [0.05, 0.1) is 0 Å². The molecule has 1 unspecified atom stereocenters. The van der Waals surface area contributed by atoms with Gasteiger partial charge >= 0.3 is 0 Å². The van der Waals surface area contributed by atoms with Crippen molar-refractivity contribution >= 4 is 0 Å². The number of benzene rings is 1. The number of aromatic nitrogens is 3. The number of nitrogens with one attached hydrogen (secondary N) is 1. The van der Waals surface area contributed by atoms with Crippen LogP contribution in [0.1, 0.15) is 48.3 Å². The van der Waals surface area contributed by atoms with Crippen LogP contribution in [0.2, 0.25) is 0 Å². The van der Waals surface area contributed by atoms with Crippen molar-refractivity contribution in [3.05, 3.63) is 47.0 Å². The van der Waals surface area contributed by atoms with Crippen molar-refractivity contribution in [2.45, 2.75) is 45.1 Å². The van der Waals surface area contributed by atoms with E-state index in [1.54, 1.807) is 6.33 Å². The quantitative estimate of drug-likeness (QED) is 0.886. The highest BCUT2D eigenvalue weighted by molar-refractivity contribution is 5.36. The highest BCUT2D eigenvalue weighted by Gasteiger charge is 2.17. The monoisotopic (exact) mass is 284 g/mol. The Balaban J connectivity index is 1.83. The van der Waals surface area contributed by atoms with E-state index in [0.717, 1.165) is 25.2 Å². The first-order valence-corrected chi connectivity index (χ1v) is 7.96. The molecule has 1 aliphatic carbocycles. The molecule has 112 valence electrons. The van der Waals surface area contributed by atoms with Crippen LogP contribution in [0, 0.1) is 0 Å². The van der Waals surface area contributed by atoms with Gasteiger partial charge in [-0.2, -0.15) is 5.10 Å². The molecule has 3 rings (SSSR count). The van der Waals surface area contributed by atoms with Gasteiger partial charge in [-0.15, -0.1) is 0 Å². The van der Waals surface area contributed by atoms with Crippen molar-refractivity contribution in [3.8, 4) is 0 Å². The zero-order chi connectivity index (χ0) is 14.7. The second kappa shape index (κ2) is 6.39. The molecule has 4 nitrogen and oxygen atoms in total. The fourth-order valence-electron chi connectivity index (χ4n) is 3.12. The van der Waals surface area contributed by atoms with Crippen molar-refractivity contribution in [1.29, 1.82) is 0 Å². The lowest BCUT2D eigenvalue weighted by Gasteiger charge is -2.19. The minimum Gasteiger partial charge on any atom is -0.310 e. The summed E-state index contributed by atoms with van der Waals surface area (Å²) < 4.78 is 1.87. The Labute approximate surface area is 126 Å². The zero-order valence-corrected chi connectivity index (χ0v) is 13.0. The van der Waals surface area contributed by atoms with E-state index in [0.29, 0.717) is 6.04 Å². The van der Waals surface area contributed by atoms with Crippen LogP contribution in [0.25, 0.3) is 0 Å². The van der Waals surface area contributed by atoms with Crippen LogP contribution >= 0.6 is 0 Å². The van der Waals surface area contributed by atoms with Gasteiger partial charge in [0.15, 0.2) is 0 Å². The van der Waals surface area contributed by atoms with Gasteiger partial charge in [0.2, 0.25) is 0 Å². The van der Waals surface area contributed by atoms with E-state index < -0.39 is 0 Å². The SMILES string of the molecule is CCCNC(Cc1ncnn1C)c1ccc2c(c1)CCC2. The molecular weight excluding hydrogens is 260 g/mol. The van der Waals surface area contributed by atoms with Gasteiger partial charge in [-0.05, 0) is 48.9 Å². The predicted octanol–water partition coefficient (Wildman–Crippen LogP) is 2.59. The molecular formula is C17H24N4. The third kappa shape index (κ3) is 3.16. The van der Waals surface area contributed by atoms with Crippen molar-refractivity contribution < 1.29 is 0 Å². The van der Waals surface area contributed by atoms with Crippen LogP contribution in [0.3, 0.4) is 0 Å². The van der Waals surface area contributed by atoms with Crippen LogP contribution in [0.15, 0.2) is 24.5 Å². The van der Waals surface area contributed by atoms with Gasteiger partial charge in [-0.3, -0.25) is 4.68 Å². The third-order valence-corrected chi connectivity index (χ3v) is 4.36. The fourth-order valence-corrected chi connectivity index (χ4v) is 3.12. The number of aryl methyl sites for hydroxylation is 3. The minimum atomic E-state index is 0.318. The molecule has 1 aliphatic rings. The highest BCUT2D eigenvalue weighted by atomic mass is 15.3. The highest BCUT2D eigenvalue weighted by Crippen LogP contribution is 2.26. The van der Waals surface area contributed by atoms with Crippen molar-refractivity contribution in [1.82, 2.24) is 20.1 Å². The topological polar surface area (TPSA) is 42.7 Å². The van der Waals surface area contributed by atoms with E-state index in [4.69, 9.17) is 0 Å². The van der Waals surface area contributed by atoms with Crippen LogP contribution in [-0.4, -0.2) is 21.3 Å². The van der Waals surface area contributed by atoms with Gasteiger partial charge in [0.1, 0.15) is 12.2 Å². The Morgan fingerprint density at radius 3 is 2.90 bits per heavy atom. The van der Waals surface area contributed by atoms with E-state index in [9.17, 15) is 0 Å². The van der Waals surface area contributed by atoms with Gasteiger partial charge < -0.3 is 5.32 Å². The van der Waals surface area contributed by atoms with Crippen molar-refractivity contribution in [3.63, 3.8) is 0 Å². The molecule has 0 fully saturated rings. The van der Waals surface area contributed by atoms with Gasteiger partial charge in [0.25, 0.3) is 0 Å². The Morgan fingerprint density at radius 1 is 1.29 bits per heavy atom. The maximum absolute atomic E-state index is 4.37. The summed E-state index contributed by atoms with van der Waals surface area (Å²) in [5, 5.41) is 7.84. The standard InChI is InChI=1S/C17H24N4/c1-3-9-18-16(11-17-19-12-20-21(17)2)15-8-7-13-5-4-6-14(13)10-15/h7-8,10,12,16,18H,3-6,9,11H2,1-2H3. The second-order valence-electron chi connectivity index (χ2n) is 5.89. The summed E-state index contributed by atoms with van der Waals surface area (Å²) in [5.74, 6) is 1.03. The number of rotatable bonds is 6. The lowest BCUT2D eigenvalue weighted by molar-refractivity contribution is 0.506. The molecule has 0 saturated heterocycles. The number of hydrogen-bond acceptors (Lipinski definition) is 3. The summed E-state index contributed by atoms with van der Waals surface area (Å²) in [5.41, 5.74) is 4.45. The maximum atomic E-state index is 4.37. The molecule has 1 aromatic carbocycles. The zero-order valence-electron chi connectivity index (χ0n) is 13.0. The second-order valence-corrected chi connectivity index (χ2v) is 5.89. The Bertz CT molecular complexity index is 603. The van der Waals surface area contributed by atoms with Gasteiger partial charge in [0, 0.05) is 19.5 Å². The first kappa shape index (κ1) is 14.3. The summed E-state index contributed by atoms with van der Waals surface area (Å²) in [6.45, 7) is 3.23. The van der Waals surface area contributed by atoms with Crippen LogP contribution in [0.4, 0.5) is 0 Å². The molecule has 0 aliphatic heterocycles. The Hall–Kier alpha value is -1.68. The Morgan fingerprint density at radius 2 is 2.14 bits per heavy atom. The molecule has 0 amide bonds. The molecule has 1 heterocycles. The summed E-state index contributed by atoms with van der Waals surface area (Å²) in [7, 11) is 1.96. The third-order valence-electron chi connectivity index (χ3n) is 4.36. The first-order valence-electron chi connectivity index (χ1n) is 7.96. The smallest absolute Gasteiger partial charge is 0.138 e.